The summed E-state index contributed by atoms with van der Waals surface area (Å²) >= 11 is 1.65. The lowest BCUT2D eigenvalue weighted by molar-refractivity contribution is -0.121. The normalized spacial score (nSPS) is 20.5. The van der Waals surface area contributed by atoms with E-state index in [-0.39, 0.29) is 5.91 Å². The molecule has 128 valence electrons. The van der Waals surface area contributed by atoms with E-state index in [0.29, 0.717) is 0 Å². The first-order valence-corrected chi connectivity index (χ1v) is 9.29. The molecule has 2 fully saturated rings. The molecule has 0 atom stereocenters. The highest BCUT2D eigenvalue weighted by molar-refractivity contribution is 7.22. The Kier molecular flexibility index (Phi) is 4.15. The van der Waals surface area contributed by atoms with Crippen LogP contribution in [-0.2, 0) is 9.53 Å². The minimum absolute atomic E-state index is 0.0720. The number of nitrogens with zero attached hydrogens (tertiary/aromatic N) is 2. The number of carbonyl (C=O) groups is 1. The molecule has 2 aliphatic rings. The zero-order chi connectivity index (χ0) is 16.6. The van der Waals surface area contributed by atoms with Gasteiger partial charge in [-0.2, -0.15) is 0 Å². The minimum Gasteiger partial charge on any atom is -0.378 e. The Morgan fingerprint density at radius 3 is 2.79 bits per heavy atom. The van der Waals surface area contributed by atoms with Crippen molar-refractivity contribution in [3.63, 3.8) is 0 Å². The van der Waals surface area contributed by atoms with E-state index in [4.69, 9.17) is 15.5 Å². The molecule has 0 spiro atoms. The van der Waals surface area contributed by atoms with Crippen molar-refractivity contribution in [2.24, 2.45) is 5.73 Å². The number of benzene rings is 1. The molecule has 0 radical (unpaired) electrons. The van der Waals surface area contributed by atoms with Gasteiger partial charge in [-0.25, -0.2) is 4.98 Å². The van der Waals surface area contributed by atoms with Gasteiger partial charge >= 0.3 is 0 Å². The van der Waals surface area contributed by atoms with Gasteiger partial charge in [-0.3, -0.25) is 4.79 Å². The quantitative estimate of drug-likeness (QED) is 0.892. The number of amides is 1. The fourth-order valence-electron chi connectivity index (χ4n) is 3.37. The van der Waals surface area contributed by atoms with Gasteiger partial charge in [0.05, 0.1) is 29.0 Å². The molecule has 0 bridgehead atoms. The number of hydrogen-bond acceptors (Lipinski definition) is 6. The molecule has 1 saturated heterocycles. The molecule has 7 heteroatoms. The summed E-state index contributed by atoms with van der Waals surface area (Å²) in [7, 11) is 0. The number of rotatable bonds is 3. The van der Waals surface area contributed by atoms with Gasteiger partial charge in [0, 0.05) is 18.8 Å². The van der Waals surface area contributed by atoms with Crippen LogP contribution < -0.4 is 16.0 Å². The van der Waals surface area contributed by atoms with Crippen LogP contribution in [0.3, 0.4) is 0 Å². The Morgan fingerprint density at radius 2 is 2.04 bits per heavy atom. The number of aromatic nitrogens is 1. The summed E-state index contributed by atoms with van der Waals surface area (Å²) < 4.78 is 6.47. The highest BCUT2D eigenvalue weighted by atomic mass is 32.1. The van der Waals surface area contributed by atoms with Crippen molar-refractivity contribution >= 4 is 38.3 Å². The molecule has 1 amide bonds. The second kappa shape index (κ2) is 6.31. The third-order valence-corrected chi connectivity index (χ3v) is 5.94. The second-order valence-electron chi connectivity index (χ2n) is 6.60. The van der Waals surface area contributed by atoms with E-state index in [1.165, 1.54) is 0 Å². The Balaban J connectivity index is 1.53. The van der Waals surface area contributed by atoms with Gasteiger partial charge < -0.3 is 20.7 Å². The van der Waals surface area contributed by atoms with E-state index < -0.39 is 5.54 Å². The summed E-state index contributed by atoms with van der Waals surface area (Å²) in [5.41, 5.74) is 7.27. The van der Waals surface area contributed by atoms with Crippen LogP contribution in [0.25, 0.3) is 10.2 Å². The van der Waals surface area contributed by atoms with Crippen LogP contribution >= 0.6 is 11.3 Å². The molecule has 1 aliphatic heterocycles. The maximum atomic E-state index is 12.5. The third-order valence-electron chi connectivity index (χ3n) is 4.86. The highest BCUT2D eigenvalue weighted by Crippen LogP contribution is 2.32. The lowest BCUT2D eigenvalue weighted by Crippen LogP contribution is -2.48. The van der Waals surface area contributed by atoms with E-state index >= 15 is 0 Å². The topological polar surface area (TPSA) is 80.5 Å². The van der Waals surface area contributed by atoms with Crippen LogP contribution in [0.2, 0.25) is 0 Å². The van der Waals surface area contributed by atoms with Gasteiger partial charge in [-0.05, 0) is 31.0 Å². The molecule has 4 rings (SSSR count). The standard InChI is InChI=1S/C17H22N4O2S/c18-17(5-1-2-6-17)15(22)19-12-3-4-13-14(11-12)24-16(20-13)21-7-9-23-10-8-21/h3-4,11H,1-2,5-10,18H2,(H,19,22). The smallest absolute Gasteiger partial charge is 0.244 e. The van der Waals surface area contributed by atoms with Gasteiger partial charge in [-0.1, -0.05) is 24.2 Å². The number of nitrogens with one attached hydrogen (secondary N) is 1. The number of nitrogens with two attached hydrogens (primary N) is 1. The molecule has 2 aromatic rings. The number of hydrogen-bond donors (Lipinski definition) is 2. The molecule has 1 aliphatic carbocycles. The highest BCUT2D eigenvalue weighted by Gasteiger charge is 2.37. The van der Waals surface area contributed by atoms with Gasteiger partial charge in [-0.15, -0.1) is 0 Å². The average molecular weight is 346 g/mol. The molecule has 1 aromatic heterocycles. The number of carbonyl (C=O) groups excluding carboxylic acids is 1. The summed E-state index contributed by atoms with van der Waals surface area (Å²) in [4.78, 5) is 19.4. The van der Waals surface area contributed by atoms with Crippen molar-refractivity contribution in [1.29, 1.82) is 0 Å². The summed E-state index contributed by atoms with van der Waals surface area (Å²) in [6.45, 7) is 3.24. The number of thiazole rings is 1. The summed E-state index contributed by atoms with van der Waals surface area (Å²) in [6.07, 6.45) is 3.59. The zero-order valence-corrected chi connectivity index (χ0v) is 14.4. The van der Waals surface area contributed by atoms with Crippen molar-refractivity contribution in [1.82, 2.24) is 4.98 Å². The Labute approximate surface area is 145 Å². The molecule has 0 unspecified atom stereocenters. The van der Waals surface area contributed by atoms with Gasteiger partial charge in [0.15, 0.2) is 5.13 Å². The first-order valence-electron chi connectivity index (χ1n) is 8.48. The monoisotopic (exact) mass is 346 g/mol. The Morgan fingerprint density at radius 1 is 1.29 bits per heavy atom. The fourth-order valence-corrected chi connectivity index (χ4v) is 4.43. The van der Waals surface area contributed by atoms with Crippen LogP contribution in [-0.4, -0.2) is 42.7 Å². The molecule has 2 heterocycles. The fraction of sp³-hybridized carbons (Fsp3) is 0.529. The van der Waals surface area contributed by atoms with Crippen LogP contribution in [0.4, 0.5) is 10.8 Å². The Bertz CT molecular complexity index is 748. The van der Waals surface area contributed by atoms with E-state index in [0.717, 1.165) is 73.0 Å². The van der Waals surface area contributed by atoms with Crippen LogP contribution in [0.1, 0.15) is 25.7 Å². The predicted molar refractivity (Wildman–Crippen MR) is 96.7 cm³/mol. The van der Waals surface area contributed by atoms with E-state index in [2.05, 4.69) is 10.2 Å². The maximum Gasteiger partial charge on any atom is 0.244 e. The lowest BCUT2D eigenvalue weighted by Gasteiger charge is -2.25. The van der Waals surface area contributed by atoms with E-state index in [1.54, 1.807) is 11.3 Å². The maximum absolute atomic E-state index is 12.5. The van der Waals surface area contributed by atoms with Crippen LogP contribution in [0.5, 0.6) is 0 Å². The van der Waals surface area contributed by atoms with Crippen LogP contribution in [0, 0.1) is 0 Å². The molecular formula is C17H22N4O2S. The molecule has 3 N–H and O–H groups in total. The van der Waals surface area contributed by atoms with Crippen molar-refractivity contribution in [2.75, 3.05) is 36.5 Å². The molecular weight excluding hydrogens is 324 g/mol. The van der Waals surface area contributed by atoms with Crippen molar-refractivity contribution in [3.05, 3.63) is 18.2 Å². The lowest BCUT2D eigenvalue weighted by atomic mass is 9.98. The number of fused-ring (bicyclic) bond motifs is 1. The zero-order valence-electron chi connectivity index (χ0n) is 13.6. The predicted octanol–water partition coefficient (Wildman–Crippen LogP) is 2.34. The van der Waals surface area contributed by atoms with Crippen molar-refractivity contribution < 1.29 is 9.53 Å². The van der Waals surface area contributed by atoms with Gasteiger partial charge in [0.1, 0.15) is 0 Å². The summed E-state index contributed by atoms with van der Waals surface area (Å²) in [6, 6.07) is 5.86. The molecule has 6 nitrogen and oxygen atoms in total. The van der Waals surface area contributed by atoms with Crippen molar-refractivity contribution in [2.45, 2.75) is 31.2 Å². The first kappa shape index (κ1) is 15.8. The second-order valence-corrected chi connectivity index (χ2v) is 7.60. The largest absolute Gasteiger partial charge is 0.378 e. The molecule has 24 heavy (non-hydrogen) atoms. The molecule has 1 saturated carbocycles. The van der Waals surface area contributed by atoms with E-state index in [1.807, 2.05) is 18.2 Å². The van der Waals surface area contributed by atoms with Crippen molar-refractivity contribution in [3.8, 4) is 0 Å². The number of morpholine rings is 1. The first-order chi connectivity index (χ1) is 11.6. The minimum atomic E-state index is -0.707. The average Bonchev–Trinajstić information content (AvgIpc) is 3.22. The van der Waals surface area contributed by atoms with Gasteiger partial charge in [0.25, 0.3) is 0 Å². The summed E-state index contributed by atoms with van der Waals surface area (Å²) in [5, 5.41) is 4.00. The summed E-state index contributed by atoms with van der Waals surface area (Å²) in [5.74, 6) is -0.0720. The Hall–Kier alpha value is -1.70. The van der Waals surface area contributed by atoms with Crippen LogP contribution in [0.15, 0.2) is 18.2 Å². The number of anilines is 2. The van der Waals surface area contributed by atoms with E-state index in [9.17, 15) is 4.79 Å². The third kappa shape index (κ3) is 2.99. The molecule has 1 aromatic carbocycles. The number of ether oxygens (including phenoxy) is 1. The SMILES string of the molecule is NC1(C(=O)Nc2ccc3nc(N4CCOCC4)sc3c2)CCCC1. The van der Waals surface area contributed by atoms with Gasteiger partial charge in [0.2, 0.25) is 5.91 Å².